The zero-order valence-corrected chi connectivity index (χ0v) is 17.0. The molecule has 1 aromatic rings. The van der Waals surface area contributed by atoms with E-state index in [0.29, 0.717) is 18.7 Å². The molecular formula is C23H28N2O3. The summed E-state index contributed by atoms with van der Waals surface area (Å²) in [7, 11) is 3.13. The minimum absolute atomic E-state index is 0.335. The standard InChI is InChI=1S/C23H28N2O3/c1-6-18(15-24-4)20(7-2)22-21(11-12-28-22)16(3)25-14-17-9-8-10-19(13-17)23(26)27-5/h6-10,13,15,25H,2,11-12,14H2,1,3-5H3/b18-6+,21-16+,22-20-,24-15?. The van der Waals surface area contributed by atoms with Crippen LogP contribution in [-0.2, 0) is 16.0 Å². The highest BCUT2D eigenvalue weighted by Crippen LogP contribution is 2.32. The van der Waals surface area contributed by atoms with Crippen LogP contribution in [0.1, 0.15) is 36.2 Å². The maximum absolute atomic E-state index is 11.7. The molecule has 0 unspecified atom stereocenters. The topological polar surface area (TPSA) is 59.9 Å². The Balaban J connectivity index is 2.27. The van der Waals surface area contributed by atoms with Gasteiger partial charge in [-0.25, -0.2) is 4.79 Å². The van der Waals surface area contributed by atoms with Crippen molar-refractivity contribution in [2.24, 2.45) is 4.99 Å². The van der Waals surface area contributed by atoms with Crippen LogP contribution in [0.3, 0.4) is 0 Å². The molecular weight excluding hydrogens is 352 g/mol. The molecule has 0 aromatic heterocycles. The van der Waals surface area contributed by atoms with Crippen molar-refractivity contribution in [2.45, 2.75) is 26.8 Å². The highest BCUT2D eigenvalue weighted by molar-refractivity contribution is 5.89. The first-order chi connectivity index (χ1) is 13.5. The van der Waals surface area contributed by atoms with Crippen LogP contribution in [0.2, 0.25) is 0 Å². The van der Waals surface area contributed by atoms with Gasteiger partial charge in [-0.15, -0.1) is 0 Å². The van der Waals surface area contributed by atoms with Gasteiger partial charge < -0.3 is 14.8 Å². The van der Waals surface area contributed by atoms with Gasteiger partial charge in [0.15, 0.2) is 0 Å². The van der Waals surface area contributed by atoms with Crippen LogP contribution in [0.5, 0.6) is 0 Å². The largest absolute Gasteiger partial charge is 0.492 e. The van der Waals surface area contributed by atoms with Crippen LogP contribution in [0.15, 0.2) is 76.2 Å². The second kappa shape index (κ2) is 10.3. The first-order valence-corrected chi connectivity index (χ1v) is 9.25. The van der Waals surface area contributed by atoms with Gasteiger partial charge >= 0.3 is 5.97 Å². The first-order valence-electron chi connectivity index (χ1n) is 9.25. The Labute approximate surface area is 167 Å². The van der Waals surface area contributed by atoms with E-state index in [1.54, 1.807) is 13.1 Å². The van der Waals surface area contributed by atoms with Crippen LogP contribution >= 0.6 is 0 Å². The Morgan fingerprint density at radius 2 is 2.21 bits per heavy atom. The van der Waals surface area contributed by atoms with Gasteiger partial charge in [-0.2, -0.15) is 0 Å². The fourth-order valence-corrected chi connectivity index (χ4v) is 3.10. The maximum Gasteiger partial charge on any atom is 0.337 e. The minimum Gasteiger partial charge on any atom is -0.492 e. The van der Waals surface area contributed by atoms with E-state index in [-0.39, 0.29) is 5.97 Å². The smallest absolute Gasteiger partial charge is 0.337 e. The van der Waals surface area contributed by atoms with E-state index in [1.165, 1.54) is 7.11 Å². The van der Waals surface area contributed by atoms with Crippen molar-refractivity contribution >= 4 is 12.2 Å². The number of esters is 1. The second-order valence-electron chi connectivity index (χ2n) is 6.33. The van der Waals surface area contributed by atoms with Crippen LogP contribution in [-0.4, -0.2) is 32.9 Å². The van der Waals surface area contributed by atoms with E-state index in [2.05, 4.69) is 16.9 Å². The van der Waals surface area contributed by atoms with Crippen molar-refractivity contribution in [2.75, 3.05) is 20.8 Å². The van der Waals surface area contributed by atoms with E-state index in [9.17, 15) is 4.79 Å². The van der Waals surface area contributed by atoms with Gasteiger partial charge in [-0.1, -0.05) is 30.9 Å². The third-order valence-electron chi connectivity index (χ3n) is 4.57. The molecule has 1 saturated heterocycles. The van der Waals surface area contributed by atoms with Gasteiger partial charge in [0.2, 0.25) is 0 Å². The molecule has 0 spiro atoms. The first kappa shape index (κ1) is 21.2. The number of carbonyl (C=O) groups excluding carboxylic acids is 1. The quantitative estimate of drug-likeness (QED) is 0.564. The number of nitrogens with zero attached hydrogens (tertiary/aromatic N) is 1. The Hall–Kier alpha value is -3.08. The summed E-state index contributed by atoms with van der Waals surface area (Å²) >= 11 is 0. The molecule has 28 heavy (non-hydrogen) atoms. The molecule has 5 nitrogen and oxygen atoms in total. The number of methoxy groups -OCH3 is 1. The van der Waals surface area contributed by atoms with E-state index in [0.717, 1.165) is 40.2 Å². The number of rotatable bonds is 7. The molecule has 1 aromatic carbocycles. The fraction of sp³-hybridized carbons (Fsp3) is 0.304. The van der Waals surface area contributed by atoms with E-state index >= 15 is 0 Å². The summed E-state index contributed by atoms with van der Waals surface area (Å²) in [5, 5.41) is 3.45. The summed E-state index contributed by atoms with van der Waals surface area (Å²) in [6.45, 7) is 9.20. The highest BCUT2D eigenvalue weighted by atomic mass is 16.5. The van der Waals surface area contributed by atoms with Crippen LogP contribution in [0.25, 0.3) is 0 Å². The van der Waals surface area contributed by atoms with Gasteiger partial charge in [0.1, 0.15) is 5.76 Å². The summed E-state index contributed by atoms with van der Waals surface area (Å²) in [5.74, 6) is 0.509. The molecule has 1 N–H and O–H groups in total. The lowest BCUT2D eigenvalue weighted by Gasteiger charge is -2.14. The lowest BCUT2D eigenvalue weighted by Crippen LogP contribution is -2.14. The monoisotopic (exact) mass is 380 g/mol. The predicted molar refractivity (Wildman–Crippen MR) is 113 cm³/mol. The average Bonchev–Trinajstić information content (AvgIpc) is 3.21. The number of carbonyl (C=O) groups is 1. The summed E-state index contributed by atoms with van der Waals surface area (Å²) in [6.07, 6.45) is 6.44. The molecule has 0 bridgehead atoms. The van der Waals surface area contributed by atoms with Gasteiger partial charge in [0.25, 0.3) is 0 Å². The molecule has 0 atom stereocenters. The van der Waals surface area contributed by atoms with Crippen molar-refractivity contribution in [3.63, 3.8) is 0 Å². The molecule has 5 heteroatoms. The Kier molecular flexibility index (Phi) is 7.81. The molecule has 0 radical (unpaired) electrons. The van der Waals surface area contributed by atoms with Gasteiger partial charge in [0.05, 0.1) is 19.3 Å². The van der Waals surface area contributed by atoms with Crippen LogP contribution in [0, 0.1) is 0 Å². The molecule has 1 aliphatic heterocycles. The molecule has 1 heterocycles. The fourth-order valence-electron chi connectivity index (χ4n) is 3.10. The van der Waals surface area contributed by atoms with Crippen molar-refractivity contribution in [3.8, 4) is 0 Å². The maximum atomic E-state index is 11.7. The predicted octanol–water partition coefficient (Wildman–Crippen LogP) is 4.34. The van der Waals surface area contributed by atoms with Crippen molar-refractivity contribution < 1.29 is 14.3 Å². The number of aliphatic imine (C=N–C) groups is 1. The molecule has 1 aliphatic rings. The SMILES string of the molecule is C=CC(/C(C=NC)=C/C)=C1/OCC/C1=C(/C)NCc1cccc(C(=O)OC)c1. The van der Waals surface area contributed by atoms with Crippen molar-refractivity contribution in [3.05, 3.63) is 82.3 Å². The lowest BCUT2D eigenvalue weighted by molar-refractivity contribution is 0.0600. The molecule has 1 fully saturated rings. The van der Waals surface area contributed by atoms with Crippen LogP contribution in [0.4, 0.5) is 0 Å². The number of hydrogen-bond donors (Lipinski definition) is 1. The normalized spacial score (nSPS) is 17.9. The third kappa shape index (κ3) is 5.00. The van der Waals surface area contributed by atoms with Crippen LogP contribution < -0.4 is 5.32 Å². The Morgan fingerprint density at radius 1 is 1.43 bits per heavy atom. The molecule has 2 rings (SSSR count). The second-order valence-corrected chi connectivity index (χ2v) is 6.33. The summed E-state index contributed by atoms with van der Waals surface area (Å²) in [4.78, 5) is 15.8. The zero-order valence-electron chi connectivity index (χ0n) is 17.0. The van der Waals surface area contributed by atoms with E-state index in [4.69, 9.17) is 9.47 Å². The molecule has 0 aliphatic carbocycles. The van der Waals surface area contributed by atoms with Gasteiger partial charge in [-0.05, 0) is 37.1 Å². The number of nitrogens with one attached hydrogen (secondary N) is 1. The minimum atomic E-state index is -0.335. The third-order valence-corrected chi connectivity index (χ3v) is 4.57. The molecule has 148 valence electrons. The number of ether oxygens (including phenoxy) is 2. The number of hydrogen-bond acceptors (Lipinski definition) is 5. The van der Waals surface area contributed by atoms with E-state index < -0.39 is 0 Å². The Morgan fingerprint density at radius 3 is 2.86 bits per heavy atom. The van der Waals surface area contributed by atoms with Crippen molar-refractivity contribution in [1.82, 2.24) is 5.32 Å². The number of benzene rings is 1. The summed E-state index contributed by atoms with van der Waals surface area (Å²) < 4.78 is 10.7. The lowest BCUT2D eigenvalue weighted by atomic mass is 10.00. The highest BCUT2D eigenvalue weighted by Gasteiger charge is 2.22. The Bertz CT molecular complexity index is 860. The number of allylic oxidation sites excluding steroid dienone is 6. The van der Waals surface area contributed by atoms with E-state index in [1.807, 2.05) is 50.4 Å². The molecule has 0 amide bonds. The summed E-state index contributed by atoms with van der Waals surface area (Å²) in [5.41, 5.74) is 5.63. The van der Waals surface area contributed by atoms with Crippen molar-refractivity contribution in [1.29, 1.82) is 0 Å². The summed E-state index contributed by atoms with van der Waals surface area (Å²) in [6, 6.07) is 7.41. The van der Waals surface area contributed by atoms with Gasteiger partial charge in [0, 0.05) is 43.1 Å². The average molecular weight is 380 g/mol. The molecule has 0 saturated carbocycles. The zero-order chi connectivity index (χ0) is 20.5. The van der Waals surface area contributed by atoms with Gasteiger partial charge in [-0.3, -0.25) is 4.99 Å².